The van der Waals surface area contributed by atoms with E-state index in [9.17, 15) is 0 Å². The molecule has 1 rings (SSSR count). The molecule has 0 unspecified atom stereocenters. The molecule has 0 saturated carbocycles. The van der Waals surface area contributed by atoms with Crippen molar-refractivity contribution in [1.82, 2.24) is 4.90 Å². The first-order valence-electron chi connectivity index (χ1n) is 5.89. The number of rotatable bonds is 6. The number of benzene rings is 1. The molecule has 0 spiro atoms. The highest BCUT2D eigenvalue weighted by molar-refractivity contribution is 6.32. The Kier molecular flexibility index (Phi) is 5.75. The van der Waals surface area contributed by atoms with Gasteiger partial charge in [-0.05, 0) is 44.2 Å². The lowest BCUT2D eigenvalue weighted by Gasteiger charge is -2.18. The van der Waals surface area contributed by atoms with E-state index in [0.717, 1.165) is 18.8 Å². The molecule has 0 aliphatic rings. The molecule has 0 saturated heterocycles. The molecule has 4 heteroatoms. The fourth-order valence-electron chi connectivity index (χ4n) is 1.72. The molecule has 0 aliphatic carbocycles. The lowest BCUT2D eigenvalue weighted by molar-refractivity contribution is 0.332. The molecule has 96 valence electrons. The van der Waals surface area contributed by atoms with Crippen LogP contribution in [0.15, 0.2) is 12.1 Å². The summed E-state index contributed by atoms with van der Waals surface area (Å²) in [6.45, 7) is 7.06. The SMILES string of the molecule is CCOc1cc(C)c(CN(C)CCN)cc1Cl. The number of hydrogen-bond acceptors (Lipinski definition) is 3. The molecule has 0 amide bonds. The highest BCUT2D eigenvalue weighted by Gasteiger charge is 2.08. The summed E-state index contributed by atoms with van der Waals surface area (Å²) in [5, 5.41) is 0.675. The molecule has 1 aromatic carbocycles. The van der Waals surface area contributed by atoms with Gasteiger partial charge in [-0.2, -0.15) is 0 Å². The summed E-state index contributed by atoms with van der Waals surface area (Å²) in [5.41, 5.74) is 7.94. The summed E-state index contributed by atoms with van der Waals surface area (Å²) in [5.74, 6) is 0.761. The van der Waals surface area contributed by atoms with Gasteiger partial charge in [-0.15, -0.1) is 0 Å². The Hall–Kier alpha value is -0.770. The molecule has 3 nitrogen and oxygen atoms in total. The zero-order valence-corrected chi connectivity index (χ0v) is 11.5. The van der Waals surface area contributed by atoms with Crippen LogP contribution in [0.2, 0.25) is 5.02 Å². The van der Waals surface area contributed by atoms with Crippen molar-refractivity contribution in [3.8, 4) is 5.75 Å². The van der Waals surface area contributed by atoms with Crippen molar-refractivity contribution in [3.05, 3.63) is 28.3 Å². The van der Waals surface area contributed by atoms with Crippen molar-refractivity contribution in [2.24, 2.45) is 5.73 Å². The molecule has 0 fully saturated rings. The third-order valence-electron chi connectivity index (χ3n) is 2.64. The second-order valence-electron chi connectivity index (χ2n) is 4.17. The molecule has 1 aromatic rings. The van der Waals surface area contributed by atoms with E-state index >= 15 is 0 Å². The fraction of sp³-hybridized carbons (Fsp3) is 0.538. The van der Waals surface area contributed by atoms with Gasteiger partial charge in [0.2, 0.25) is 0 Å². The average molecular weight is 257 g/mol. The van der Waals surface area contributed by atoms with Crippen LogP contribution in [0.5, 0.6) is 5.75 Å². The summed E-state index contributed by atoms with van der Waals surface area (Å²) >= 11 is 6.17. The molecule has 0 radical (unpaired) electrons. The standard InChI is InChI=1S/C13H21ClN2O/c1-4-17-13-7-10(2)11(8-12(13)14)9-16(3)6-5-15/h7-8H,4-6,9,15H2,1-3H3. The zero-order chi connectivity index (χ0) is 12.8. The second-order valence-corrected chi connectivity index (χ2v) is 4.58. The van der Waals surface area contributed by atoms with Crippen LogP contribution in [0, 0.1) is 6.92 Å². The Morgan fingerprint density at radius 2 is 2.12 bits per heavy atom. The smallest absolute Gasteiger partial charge is 0.138 e. The minimum atomic E-state index is 0.631. The van der Waals surface area contributed by atoms with Crippen LogP contribution in [0.25, 0.3) is 0 Å². The molecule has 17 heavy (non-hydrogen) atoms. The maximum atomic E-state index is 6.17. The van der Waals surface area contributed by atoms with Gasteiger partial charge < -0.3 is 15.4 Å². The van der Waals surface area contributed by atoms with Gasteiger partial charge >= 0.3 is 0 Å². The van der Waals surface area contributed by atoms with E-state index in [-0.39, 0.29) is 0 Å². The van der Waals surface area contributed by atoms with Gasteiger partial charge in [0.25, 0.3) is 0 Å². The van der Waals surface area contributed by atoms with E-state index in [2.05, 4.69) is 18.9 Å². The molecular formula is C13H21ClN2O. The predicted octanol–water partition coefficient (Wildman–Crippen LogP) is 2.44. The summed E-state index contributed by atoms with van der Waals surface area (Å²) in [6.07, 6.45) is 0. The van der Waals surface area contributed by atoms with Crippen molar-refractivity contribution in [2.45, 2.75) is 20.4 Å². The topological polar surface area (TPSA) is 38.5 Å². The number of ether oxygens (including phenoxy) is 1. The molecule has 0 aliphatic heterocycles. The summed E-state index contributed by atoms with van der Waals surface area (Å²) < 4.78 is 5.46. The Bertz CT molecular complexity index is 369. The van der Waals surface area contributed by atoms with Crippen LogP contribution in [-0.2, 0) is 6.54 Å². The van der Waals surface area contributed by atoms with Gasteiger partial charge in [-0.3, -0.25) is 0 Å². The van der Waals surface area contributed by atoms with Gasteiger partial charge in [0, 0.05) is 19.6 Å². The molecular weight excluding hydrogens is 236 g/mol. The number of likely N-dealkylation sites (N-methyl/N-ethyl adjacent to an activating group) is 1. The normalized spacial score (nSPS) is 10.9. The van der Waals surface area contributed by atoms with Crippen molar-refractivity contribution < 1.29 is 4.74 Å². The van der Waals surface area contributed by atoms with Gasteiger partial charge in [0.15, 0.2) is 0 Å². The van der Waals surface area contributed by atoms with Crippen LogP contribution in [-0.4, -0.2) is 31.6 Å². The number of halogens is 1. The summed E-state index contributed by atoms with van der Waals surface area (Å²) in [6, 6.07) is 3.98. The van der Waals surface area contributed by atoms with Gasteiger partial charge in [-0.25, -0.2) is 0 Å². The van der Waals surface area contributed by atoms with E-state index in [1.165, 1.54) is 11.1 Å². The van der Waals surface area contributed by atoms with E-state index < -0.39 is 0 Å². The molecule has 0 heterocycles. The quantitative estimate of drug-likeness (QED) is 0.850. The summed E-state index contributed by atoms with van der Waals surface area (Å²) in [4.78, 5) is 2.18. The first kappa shape index (κ1) is 14.3. The summed E-state index contributed by atoms with van der Waals surface area (Å²) in [7, 11) is 2.05. The number of nitrogens with two attached hydrogens (primary N) is 1. The maximum Gasteiger partial charge on any atom is 0.138 e. The van der Waals surface area contributed by atoms with Crippen LogP contribution < -0.4 is 10.5 Å². The highest BCUT2D eigenvalue weighted by atomic mass is 35.5. The van der Waals surface area contributed by atoms with Crippen LogP contribution in [0.3, 0.4) is 0 Å². The third-order valence-corrected chi connectivity index (χ3v) is 2.94. The van der Waals surface area contributed by atoms with Crippen LogP contribution >= 0.6 is 11.6 Å². The third kappa shape index (κ3) is 4.19. The molecule has 0 aromatic heterocycles. The minimum Gasteiger partial charge on any atom is -0.492 e. The first-order valence-corrected chi connectivity index (χ1v) is 6.26. The first-order chi connectivity index (χ1) is 8.08. The Morgan fingerprint density at radius 1 is 1.41 bits per heavy atom. The Labute approximate surface area is 109 Å². The van der Waals surface area contributed by atoms with Gasteiger partial charge in [0.05, 0.1) is 11.6 Å². The lowest BCUT2D eigenvalue weighted by Crippen LogP contribution is -2.25. The van der Waals surface area contributed by atoms with Crippen LogP contribution in [0.4, 0.5) is 0 Å². The zero-order valence-electron chi connectivity index (χ0n) is 10.8. The fourth-order valence-corrected chi connectivity index (χ4v) is 1.96. The predicted molar refractivity (Wildman–Crippen MR) is 72.7 cm³/mol. The largest absolute Gasteiger partial charge is 0.492 e. The molecule has 0 atom stereocenters. The van der Waals surface area contributed by atoms with Crippen molar-refractivity contribution in [3.63, 3.8) is 0 Å². The van der Waals surface area contributed by atoms with Gasteiger partial charge in [-0.1, -0.05) is 11.6 Å². The van der Waals surface area contributed by atoms with Crippen LogP contribution in [0.1, 0.15) is 18.1 Å². The van der Waals surface area contributed by atoms with Crippen molar-refractivity contribution in [2.75, 3.05) is 26.7 Å². The molecule has 0 bridgehead atoms. The van der Waals surface area contributed by atoms with Crippen molar-refractivity contribution >= 4 is 11.6 Å². The number of nitrogens with zero attached hydrogens (tertiary/aromatic N) is 1. The Balaban J connectivity index is 2.83. The second kappa shape index (κ2) is 6.84. The number of hydrogen-bond donors (Lipinski definition) is 1. The average Bonchev–Trinajstić information content (AvgIpc) is 2.26. The van der Waals surface area contributed by atoms with E-state index in [1.807, 2.05) is 19.1 Å². The lowest BCUT2D eigenvalue weighted by atomic mass is 10.1. The van der Waals surface area contributed by atoms with E-state index in [1.54, 1.807) is 0 Å². The van der Waals surface area contributed by atoms with Crippen molar-refractivity contribution in [1.29, 1.82) is 0 Å². The van der Waals surface area contributed by atoms with E-state index in [0.29, 0.717) is 18.2 Å². The Morgan fingerprint density at radius 3 is 2.71 bits per heavy atom. The van der Waals surface area contributed by atoms with E-state index in [4.69, 9.17) is 22.1 Å². The monoisotopic (exact) mass is 256 g/mol. The number of aryl methyl sites for hydroxylation is 1. The highest BCUT2D eigenvalue weighted by Crippen LogP contribution is 2.28. The van der Waals surface area contributed by atoms with Gasteiger partial charge in [0.1, 0.15) is 5.75 Å². The minimum absolute atomic E-state index is 0.631. The molecule has 2 N–H and O–H groups in total. The maximum absolute atomic E-state index is 6.17.